The smallest absolute Gasteiger partial charge is 0.255 e. The number of hydrogen-bond acceptors (Lipinski definition) is 4. The summed E-state index contributed by atoms with van der Waals surface area (Å²) in [4.78, 5) is 9.99. The quantitative estimate of drug-likeness (QED) is 0.128. The van der Waals surface area contributed by atoms with Gasteiger partial charge in [0.1, 0.15) is 0 Å². The van der Waals surface area contributed by atoms with Gasteiger partial charge >= 0.3 is 12.4 Å². The largest absolute Gasteiger partial charge is 0.417 e. The first-order valence-corrected chi connectivity index (χ1v) is 13.2. The molecule has 0 spiro atoms. The first-order chi connectivity index (χ1) is 18.1. The minimum Gasteiger partial charge on any atom is -0.255 e. The second kappa shape index (κ2) is 11.9. The molecule has 0 aliphatic carbocycles. The molecular weight excluding hydrogens is 542 g/mol. The maximum atomic E-state index is 13.3. The van der Waals surface area contributed by atoms with Crippen LogP contribution >= 0.6 is 21.6 Å². The van der Waals surface area contributed by atoms with Crippen molar-refractivity contribution in [2.24, 2.45) is 9.98 Å². The maximum Gasteiger partial charge on any atom is 0.417 e. The van der Waals surface area contributed by atoms with E-state index >= 15 is 0 Å². The van der Waals surface area contributed by atoms with Crippen molar-refractivity contribution in [3.05, 3.63) is 119 Å². The summed E-state index contributed by atoms with van der Waals surface area (Å²) in [5.74, 6) is 0. The first-order valence-electron chi connectivity index (χ1n) is 11.1. The van der Waals surface area contributed by atoms with Gasteiger partial charge in [0.15, 0.2) is 0 Å². The van der Waals surface area contributed by atoms with Gasteiger partial charge in [0.25, 0.3) is 0 Å². The number of hydrogen-bond donors (Lipinski definition) is 0. The van der Waals surface area contributed by atoms with E-state index in [-0.39, 0.29) is 11.1 Å². The fraction of sp³-hybridized carbons (Fsp3) is 0.0714. The van der Waals surface area contributed by atoms with Crippen molar-refractivity contribution < 1.29 is 26.3 Å². The van der Waals surface area contributed by atoms with Gasteiger partial charge in [-0.1, -0.05) is 82.3 Å². The predicted molar refractivity (Wildman–Crippen MR) is 142 cm³/mol. The number of para-hydroxylation sites is 2. The lowest BCUT2D eigenvalue weighted by molar-refractivity contribution is -0.138. The van der Waals surface area contributed by atoms with Gasteiger partial charge in [-0.2, -0.15) is 26.3 Å². The number of nitrogens with zero attached hydrogens (tertiary/aromatic N) is 2. The summed E-state index contributed by atoms with van der Waals surface area (Å²) in [7, 11) is 2.63. The molecule has 0 radical (unpaired) electrons. The molecule has 0 fully saturated rings. The SMILES string of the molecule is FC(F)(F)c1ccccc1C=Nc1ccccc1SSc1ccccc1N=Cc1ccccc1C(F)(F)F. The molecule has 0 amide bonds. The number of benzene rings is 4. The zero-order chi connectivity index (χ0) is 27.2. The van der Waals surface area contributed by atoms with Gasteiger partial charge in [-0.05, 0) is 36.4 Å². The summed E-state index contributed by atoms with van der Waals surface area (Å²) in [6, 6.07) is 24.3. The van der Waals surface area contributed by atoms with Crippen molar-refractivity contribution in [3.63, 3.8) is 0 Å². The Balaban J connectivity index is 1.55. The highest BCUT2D eigenvalue weighted by Gasteiger charge is 2.33. The van der Waals surface area contributed by atoms with Crippen LogP contribution in [0.4, 0.5) is 37.7 Å². The van der Waals surface area contributed by atoms with Crippen LogP contribution in [0.5, 0.6) is 0 Å². The zero-order valence-electron chi connectivity index (χ0n) is 19.4. The highest BCUT2D eigenvalue weighted by atomic mass is 33.1. The van der Waals surface area contributed by atoms with Crippen LogP contribution in [0.1, 0.15) is 22.3 Å². The van der Waals surface area contributed by atoms with Crippen LogP contribution in [0.3, 0.4) is 0 Å². The van der Waals surface area contributed by atoms with E-state index in [1.807, 2.05) is 0 Å². The maximum absolute atomic E-state index is 13.3. The zero-order valence-corrected chi connectivity index (χ0v) is 21.0. The standard InChI is InChI=1S/C28H18F6N2S2/c29-27(30,31)21-11-3-1-9-19(21)17-35-23-13-5-7-15-25(23)37-38-26-16-8-6-14-24(26)36-18-20-10-2-4-12-22(20)28(32,33)34/h1-18H. The van der Waals surface area contributed by atoms with E-state index in [4.69, 9.17) is 0 Å². The van der Waals surface area contributed by atoms with Crippen LogP contribution in [0.2, 0.25) is 0 Å². The first kappa shape index (κ1) is 27.5. The van der Waals surface area contributed by atoms with E-state index in [9.17, 15) is 26.3 Å². The molecule has 38 heavy (non-hydrogen) atoms. The van der Waals surface area contributed by atoms with Gasteiger partial charge in [-0.25, -0.2) is 0 Å². The van der Waals surface area contributed by atoms with Crippen molar-refractivity contribution in [3.8, 4) is 0 Å². The van der Waals surface area contributed by atoms with E-state index < -0.39 is 23.5 Å². The molecule has 0 saturated heterocycles. The second-order valence-electron chi connectivity index (χ2n) is 7.79. The normalized spacial score (nSPS) is 12.5. The third kappa shape index (κ3) is 7.08. The number of alkyl halides is 6. The Morgan fingerprint density at radius 3 is 1.21 bits per heavy atom. The average molecular weight is 561 g/mol. The van der Waals surface area contributed by atoms with E-state index in [2.05, 4.69) is 9.98 Å². The highest BCUT2D eigenvalue weighted by Crippen LogP contribution is 2.45. The lowest BCUT2D eigenvalue weighted by Gasteiger charge is -2.10. The third-order valence-corrected chi connectivity index (χ3v) is 7.63. The Bertz CT molecular complexity index is 1350. The Hall–Kier alpha value is -3.50. The fourth-order valence-electron chi connectivity index (χ4n) is 3.37. The van der Waals surface area contributed by atoms with Crippen LogP contribution in [0.15, 0.2) is 117 Å². The minimum absolute atomic E-state index is 0.0497. The second-order valence-corrected chi connectivity index (χ2v) is 10.0. The molecule has 0 N–H and O–H groups in total. The molecule has 4 aromatic carbocycles. The molecule has 4 rings (SSSR count). The van der Waals surface area contributed by atoms with Crippen LogP contribution < -0.4 is 0 Å². The Kier molecular flexibility index (Phi) is 8.63. The lowest BCUT2D eigenvalue weighted by atomic mass is 10.1. The number of rotatable bonds is 7. The fourth-order valence-corrected chi connectivity index (χ4v) is 5.62. The summed E-state index contributed by atoms with van der Waals surface area (Å²) in [5, 5.41) is 0. The predicted octanol–water partition coefficient (Wildman–Crippen LogP) is 10.0. The Labute approximate surface area is 222 Å². The van der Waals surface area contributed by atoms with Crippen LogP contribution in [-0.2, 0) is 12.4 Å². The van der Waals surface area contributed by atoms with Gasteiger partial charge in [0.2, 0.25) is 0 Å². The van der Waals surface area contributed by atoms with E-state index in [1.54, 1.807) is 48.5 Å². The van der Waals surface area contributed by atoms with Gasteiger partial charge < -0.3 is 0 Å². The summed E-state index contributed by atoms with van der Waals surface area (Å²) >= 11 is 0. The van der Waals surface area contributed by atoms with Crippen LogP contribution in [-0.4, -0.2) is 12.4 Å². The molecule has 0 bridgehead atoms. The molecular formula is C28H18F6N2S2. The highest BCUT2D eigenvalue weighted by molar-refractivity contribution is 8.76. The monoisotopic (exact) mass is 560 g/mol. The van der Waals surface area contributed by atoms with E-state index in [0.29, 0.717) is 21.2 Å². The lowest BCUT2D eigenvalue weighted by Crippen LogP contribution is -2.08. The van der Waals surface area contributed by atoms with Gasteiger partial charge in [0.05, 0.1) is 22.5 Å². The topological polar surface area (TPSA) is 24.7 Å². The number of aliphatic imine (C=N–C) groups is 2. The summed E-state index contributed by atoms with van der Waals surface area (Å²) in [6.07, 6.45) is -6.64. The Morgan fingerprint density at radius 1 is 0.474 bits per heavy atom. The number of halogens is 6. The molecule has 0 heterocycles. The average Bonchev–Trinajstić information content (AvgIpc) is 2.90. The molecule has 0 saturated carbocycles. The van der Waals surface area contributed by atoms with Crippen molar-refractivity contribution in [1.29, 1.82) is 0 Å². The van der Waals surface area contributed by atoms with Gasteiger partial charge in [-0.3, -0.25) is 9.98 Å². The molecule has 0 atom stereocenters. The van der Waals surface area contributed by atoms with E-state index in [1.165, 1.54) is 70.4 Å². The van der Waals surface area contributed by atoms with Crippen molar-refractivity contribution in [2.75, 3.05) is 0 Å². The Morgan fingerprint density at radius 2 is 0.816 bits per heavy atom. The summed E-state index contributed by atoms with van der Waals surface area (Å²) < 4.78 is 79.9. The molecule has 0 aromatic heterocycles. The molecule has 0 aliphatic heterocycles. The van der Waals surface area contributed by atoms with Gasteiger partial charge in [0, 0.05) is 33.3 Å². The molecule has 10 heteroatoms. The van der Waals surface area contributed by atoms with Crippen LogP contribution in [0, 0.1) is 0 Å². The molecule has 2 nitrogen and oxygen atoms in total. The summed E-state index contributed by atoms with van der Waals surface area (Å²) in [5.41, 5.74) is -0.703. The van der Waals surface area contributed by atoms with Gasteiger partial charge in [-0.15, -0.1) is 0 Å². The molecule has 4 aromatic rings. The van der Waals surface area contributed by atoms with E-state index in [0.717, 1.165) is 12.1 Å². The van der Waals surface area contributed by atoms with Crippen LogP contribution in [0.25, 0.3) is 0 Å². The third-order valence-electron chi connectivity index (χ3n) is 5.17. The molecule has 0 unspecified atom stereocenters. The van der Waals surface area contributed by atoms with Crippen molar-refractivity contribution in [1.82, 2.24) is 0 Å². The summed E-state index contributed by atoms with van der Waals surface area (Å²) in [6.45, 7) is 0. The molecule has 0 aliphatic rings. The van der Waals surface area contributed by atoms with Crippen molar-refractivity contribution in [2.45, 2.75) is 22.1 Å². The minimum atomic E-state index is -4.50. The van der Waals surface area contributed by atoms with Crippen molar-refractivity contribution >= 4 is 45.4 Å². The molecule has 194 valence electrons.